The number of nitrogens with zero attached hydrogens (tertiary/aromatic N) is 1. The highest BCUT2D eigenvalue weighted by Gasteiger charge is 2.20. The molecule has 0 saturated carbocycles. The predicted molar refractivity (Wildman–Crippen MR) is 109 cm³/mol. The second-order valence-electron chi connectivity index (χ2n) is 6.72. The molecule has 1 fully saturated rings. The molecule has 0 radical (unpaired) electrons. The van der Waals surface area contributed by atoms with E-state index >= 15 is 0 Å². The van der Waals surface area contributed by atoms with Gasteiger partial charge in [0.25, 0.3) is 5.91 Å². The van der Waals surface area contributed by atoms with Gasteiger partial charge in [0.15, 0.2) is 0 Å². The smallest absolute Gasteiger partial charge is 0.340 e. The SMILES string of the molecule is CCCc1ccc(C(=O)Nc2ccc(N3CCOCC3)c(C(=O)OC)c2)cc1. The predicted octanol–water partition coefficient (Wildman–Crippen LogP) is 3.51. The van der Waals surface area contributed by atoms with Crippen LogP contribution in [0.15, 0.2) is 42.5 Å². The zero-order chi connectivity index (χ0) is 19.9. The summed E-state index contributed by atoms with van der Waals surface area (Å²) in [6, 6.07) is 12.9. The van der Waals surface area contributed by atoms with E-state index in [9.17, 15) is 9.59 Å². The molecule has 0 spiro atoms. The number of ether oxygens (including phenoxy) is 2. The van der Waals surface area contributed by atoms with Gasteiger partial charge in [-0.3, -0.25) is 4.79 Å². The first-order valence-corrected chi connectivity index (χ1v) is 9.57. The Morgan fingerprint density at radius 3 is 2.46 bits per heavy atom. The van der Waals surface area contributed by atoms with Crippen molar-refractivity contribution in [1.82, 2.24) is 0 Å². The minimum atomic E-state index is -0.429. The highest BCUT2D eigenvalue weighted by Crippen LogP contribution is 2.26. The molecule has 0 unspecified atom stereocenters. The molecule has 28 heavy (non-hydrogen) atoms. The van der Waals surface area contributed by atoms with E-state index in [0.717, 1.165) is 18.5 Å². The number of hydrogen-bond donors (Lipinski definition) is 1. The second-order valence-corrected chi connectivity index (χ2v) is 6.72. The Hall–Kier alpha value is -2.86. The molecule has 0 aromatic heterocycles. The van der Waals surface area contributed by atoms with Gasteiger partial charge in [-0.2, -0.15) is 0 Å². The highest BCUT2D eigenvalue weighted by atomic mass is 16.5. The number of hydrogen-bond acceptors (Lipinski definition) is 5. The number of aryl methyl sites for hydroxylation is 1. The average Bonchev–Trinajstić information content (AvgIpc) is 2.74. The van der Waals surface area contributed by atoms with Crippen LogP contribution in [0.2, 0.25) is 0 Å². The summed E-state index contributed by atoms with van der Waals surface area (Å²) in [5.74, 6) is -0.639. The number of carbonyl (C=O) groups excluding carboxylic acids is 2. The van der Waals surface area contributed by atoms with Crippen LogP contribution in [0.4, 0.5) is 11.4 Å². The van der Waals surface area contributed by atoms with Gasteiger partial charge in [0.2, 0.25) is 0 Å². The third kappa shape index (κ3) is 4.70. The van der Waals surface area contributed by atoms with E-state index < -0.39 is 5.97 Å². The van der Waals surface area contributed by atoms with Crippen molar-refractivity contribution >= 4 is 23.3 Å². The van der Waals surface area contributed by atoms with Crippen molar-refractivity contribution in [2.24, 2.45) is 0 Å². The number of nitrogens with one attached hydrogen (secondary N) is 1. The third-order valence-electron chi connectivity index (χ3n) is 4.77. The molecule has 2 aromatic rings. The Kier molecular flexibility index (Phi) is 6.66. The molecular weight excluding hydrogens is 356 g/mol. The van der Waals surface area contributed by atoms with Gasteiger partial charge in [-0.05, 0) is 42.3 Å². The summed E-state index contributed by atoms with van der Waals surface area (Å²) in [5.41, 5.74) is 3.57. The van der Waals surface area contributed by atoms with Gasteiger partial charge >= 0.3 is 5.97 Å². The Morgan fingerprint density at radius 2 is 1.82 bits per heavy atom. The summed E-state index contributed by atoms with van der Waals surface area (Å²) in [6.45, 7) is 4.78. The summed E-state index contributed by atoms with van der Waals surface area (Å²) >= 11 is 0. The van der Waals surface area contributed by atoms with Crippen LogP contribution in [0.1, 0.15) is 39.6 Å². The lowest BCUT2D eigenvalue weighted by Crippen LogP contribution is -2.37. The number of carbonyl (C=O) groups is 2. The fraction of sp³-hybridized carbons (Fsp3) is 0.364. The van der Waals surface area contributed by atoms with Crippen LogP contribution in [0.5, 0.6) is 0 Å². The molecule has 148 valence electrons. The van der Waals surface area contributed by atoms with Crippen LogP contribution >= 0.6 is 0 Å². The van der Waals surface area contributed by atoms with Crippen LogP contribution in [0.3, 0.4) is 0 Å². The molecular formula is C22H26N2O4. The minimum Gasteiger partial charge on any atom is -0.465 e. The number of rotatable bonds is 6. The molecule has 1 N–H and O–H groups in total. The molecule has 0 aliphatic carbocycles. The van der Waals surface area contributed by atoms with E-state index in [4.69, 9.17) is 9.47 Å². The molecule has 1 heterocycles. The van der Waals surface area contributed by atoms with Gasteiger partial charge in [0.1, 0.15) is 0 Å². The van der Waals surface area contributed by atoms with Gasteiger partial charge in [0, 0.05) is 24.3 Å². The molecule has 2 aromatic carbocycles. The summed E-state index contributed by atoms with van der Waals surface area (Å²) in [6.07, 6.45) is 2.06. The maximum Gasteiger partial charge on any atom is 0.340 e. The van der Waals surface area contributed by atoms with Crippen LogP contribution < -0.4 is 10.2 Å². The van der Waals surface area contributed by atoms with E-state index in [1.54, 1.807) is 12.1 Å². The van der Waals surface area contributed by atoms with Crippen LogP contribution in [-0.2, 0) is 15.9 Å². The second kappa shape index (κ2) is 9.37. The largest absolute Gasteiger partial charge is 0.465 e. The molecule has 1 aliphatic heterocycles. The summed E-state index contributed by atoms with van der Waals surface area (Å²) < 4.78 is 10.3. The molecule has 1 aliphatic rings. The Balaban J connectivity index is 1.79. The maximum absolute atomic E-state index is 12.6. The van der Waals surface area contributed by atoms with Gasteiger partial charge in [0.05, 0.1) is 31.6 Å². The number of morpholine rings is 1. The zero-order valence-corrected chi connectivity index (χ0v) is 16.4. The Morgan fingerprint density at radius 1 is 1.11 bits per heavy atom. The Bertz CT molecular complexity index is 827. The molecule has 6 nitrogen and oxygen atoms in total. The first-order valence-electron chi connectivity index (χ1n) is 9.57. The van der Waals surface area contributed by atoms with Crippen molar-refractivity contribution < 1.29 is 19.1 Å². The van der Waals surface area contributed by atoms with E-state index in [0.29, 0.717) is 43.1 Å². The summed E-state index contributed by atoms with van der Waals surface area (Å²) in [4.78, 5) is 26.9. The lowest BCUT2D eigenvalue weighted by molar-refractivity contribution is 0.0600. The fourth-order valence-electron chi connectivity index (χ4n) is 3.28. The first kappa shape index (κ1) is 19.9. The highest BCUT2D eigenvalue weighted by molar-refractivity contribution is 6.05. The molecule has 1 amide bonds. The third-order valence-corrected chi connectivity index (χ3v) is 4.77. The molecule has 0 bridgehead atoms. The molecule has 6 heteroatoms. The van der Waals surface area contributed by atoms with Crippen LogP contribution in [-0.4, -0.2) is 45.3 Å². The van der Waals surface area contributed by atoms with E-state index in [2.05, 4.69) is 17.1 Å². The lowest BCUT2D eigenvalue weighted by Gasteiger charge is -2.30. The zero-order valence-electron chi connectivity index (χ0n) is 16.4. The van der Waals surface area contributed by atoms with Crippen LogP contribution in [0.25, 0.3) is 0 Å². The number of esters is 1. The fourth-order valence-corrected chi connectivity index (χ4v) is 3.28. The number of amides is 1. The quantitative estimate of drug-likeness (QED) is 0.775. The molecule has 3 rings (SSSR count). The monoisotopic (exact) mass is 382 g/mol. The van der Waals surface area contributed by atoms with E-state index in [-0.39, 0.29) is 5.91 Å². The van der Waals surface area contributed by atoms with Crippen molar-refractivity contribution in [2.75, 3.05) is 43.6 Å². The normalized spacial score (nSPS) is 13.9. The standard InChI is InChI=1S/C22H26N2O4/c1-3-4-16-5-7-17(8-6-16)21(25)23-18-9-10-20(19(15-18)22(26)27-2)24-11-13-28-14-12-24/h5-10,15H,3-4,11-14H2,1-2H3,(H,23,25). The summed E-state index contributed by atoms with van der Waals surface area (Å²) in [5, 5.41) is 2.87. The average molecular weight is 382 g/mol. The van der Waals surface area contributed by atoms with Crippen molar-refractivity contribution in [2.45, 2.75) is 19.8 Å². The summed E-state index contributed by atoms with van der Waals surface area (Å²) in [7, 11) is 1.36. The Labute approximate surface area is 165 Å². The first-order chi connectivity index (χ1) is 13.6. The number of methoxy groups -OCH3 is 1. The van der Waals surface area contributed by atoms with Crippen molar-refractivity contribution in [1.29, 1.82) is 0 Å². The van der Waals surface area contributed by atoms with Gasteiger partial charge in [-0.15, -0.1) is 0 Å². The van der Waals surface area contributed by atoms with E-state index in [1.165, 1.54) is 12.7 Å². The molecule has 1 saturated heterocycles. The maximum atomic E-state index is 12.6. The van der Waals surface area contributed by atoms with E-state index in [1.807, 2.05) is 30.3 Å². The van der Waals surface area contributed by atoms with Crippen molar-refractivity contribution in [3.05, 3.63) is 59.2 Å². The topological polar surface area (TPSA) is 67.9 Å². The van der Waals surface area contributed by atoms with Crippen molar-refractivity contribution in [3.8, 4) is 0 Å². The van der Waals surface area contributed by atoms with Gasteiger partial charge in [-0.25, -0.2) is 4.79 Å². The van der Waals surface area contributed by atoms with Crippen molar-refractivity contribution in [3.63, 3.8) is 0 Å². The van der Waals surface area contributed by atoms with Gasteiger partial charge < -0.3 is 19.7 Å². The lowest BCUT2D eigenvalue weighted by atomic mass is 10.1. The molecule has 0 atom stereocenters. The van der Waals surface area contributed by atoms with Crippen LogP contribution in [0, 0.1) is 0 Å². The van der Waals surface area contributed by atoms with Gasteiger partial charge in [-0.1, -0.05) is 25.5 Å². The minimum absolute atomic E-state index is 0.210. The number of anilines is 2. The number of benzene rings is 2.